The molecule has 1 rings (SSSR count). The fraction of sp³-hybridized carbons (Fsp3) is 0.500. The number of benzene rings is 1. The van der Waals surface area contributed by atoms with Crippen LogP contribution in [-0.2, 0) is 6.54 Å². The van der Waals surface area contributed by atoms with Crippen LogP contribution >= 0.6 is 15.9 Å². The highest BCUT2D eigenvalue weighted by Crippen LogP contribution is 2.30. The van der Waals surface area contributed by atoms with Crippen molar-refractivity contribution in [2.75, 3.05) is 6.54 Å². The van der Waals surface area contributed by atoms with Gasteiger partial charge in [0, 0.05) is 18.7 Å². The Morgan fingerprint density at radius 1 is 1.40 bits per heavy atom. The van der Waals surface area contributed by atoms with Gasteiger partial charge in [0.15, 0.2) is 0 Å². The largest absolute Gasteiger partial charge is 0.401 e. The van der Waals surface area contributed by atoms with Crippen molar-refractivity contribution < 1.29 is 18.1 Å². The fourth-order valence-electron chi connectivity index (χ4n) is 1.70. The summed E-state index contributed by atoms with van der Waals surface area (Å²) in [6.45, 7) is 2.23. The molecule has 4 nitrogen and oxygen atoms in total. The smallest absolute Gasteiger partial charge is 0.288 e. The molecule has 0 saturated heterocycles. The first-order valence-electron chi connectivity index (χ1n) is 5.84. The molecule has 0 spiro atoms. The minimum Gasteiger partial charge on any atom is -0.288 e. The van der Waals surface area contributed by atoms with Crippen molar-refractivity contribution >= 4 is 21.6 Å². The molecule has 0 radical (unpaired) electrons. The van der Waals surface area contributed by atoms with Gasteiger partial charge in [-0.25, -0.2) is 0 Å². The molecule has 20 heavy (non-hydrogen) atoms. The van der Waals surface area contributed by atoms with Crippen molar-refractivity contribution in [3.63, 3.8) is 0 Å². The molecule has 1 aromatic carbocycles. The number of halogens is 4. The minimum atomic E-state index is -4.31. The van der Waals surface area contributed by atoms with E-state index < -0.39 is 17.6 Å². The van der Waals surface area contributed by atoms with E-state index >= 15 is 0 Å². The lowest BCUT2D eigenvalue weighted by atomic mass is 10.1. The third-order valence-electron chi connectivity index (χ3n) is 2.74. The van der Waals surface area contributed by atoms with Crippen molar-refractivity contribution in [3.05, 3.63) is 38.3 Å². The highest BCUT2D eigenvalue weighted by molar-refractivity contribution is 9.10. The molecule has 0 fully saturated rings. The zero-order valence-corrected chi connectivity index (χ0v) is 12.5. The van der Waals surface area contributed by atoms with Gasteiger partial charge in [0.1, 0.15) is 0 Å². The third-order valence-corrected chi connectivity index (χ3v) is 3.66. The van der Waals surface area contributed by atoms with Gasteiger partial charge in [-0.3, -0.25) is 15.0 Å². The zero-order valence-electron chi connectivity index (χ0n) is 10.9. The standard InChI is InChI=1S/C12H14BrF3N2O2/c1-8(2)17(7-12(14,15)16)6-9-4-3-5-10(11(9)13)18(19)20/h3-5,8H,6-7H2,1-2H3. The van der Waals surface area contributed by atoms with Gasteiger partial charge < -0.3 is 0 Å². The number of nitro benzene ring substituents is 1. The van der Waals surface area contributed by atoms with Crippen LogP contribution in [-0.4, -0.2) is 28.6 Å². The van der Waals surface area contributed by atoms with E-state index in [4.69, 9.17) is 0 Å². The van der Waals surface area contributed by atoms with E-state index in [1.54, 1.807) is 19.9 Å². The average molecular weight is 355 g/mol. The topological polar surface area (TPSA) is 46.4 Å². The van der Waals surface area contributed by atoms with Crippen LogP contribution < -0.4 is 0 Å². The molecule has 1 aromatic rings. The summed E-state index contributed by atoms with van der Waals surface area (Å²) in [5.74, 6) is 0. The molecule has 8 heteroatoms. The third kappa shape index (κ3) is 4.75. The lowest BCUT2D eigenvalue weighted by molar-refractivity contribution is -0.385. The Kier molecular flexibility index (Phi) is 5.52. The summed E-state index contributed by atoms with van der Waals surface area (Å²) in [4.78, 5) is 11.4. The summed E-state index contributed by atoms with van der Waals surface area (Å²) in [5.41, 5.74) is 0.301. The van der Waals surface area contributed by atoms with Crippen molar-refractivity contribution in [2.45, 2.75) is 32.6 Å². The van der Waals surface area contributed by atoms with E-state index in [1.807, 2.05) is 0 Å². The van der Waals surface area contributed by atoms with Crippen LogP contribution in [0.1, 0.15) is 19.4 Å². The Labute approximate surface area is 122 Å². The molecular weight excluding hydrogens is 341 g/mol. The molecule has 0 unspecified atom stereocenters. The SMILES string of the molecule is CC(C)N(Cc1cccc([N+](=O)[O-])c1Br)CC(F)(F)F. The monoisotopic (exact) mass is 354 g/mol. The number of hydrogen-bond donors (Lipinski definition) is 0. The second-order valence-electron chi connectivity index (χ2n) is 4.62. The van der Waals surface area contributed by atoms with E-state index in [0.29, 0.717) is 5.56 Å². The van der Waals surface area contributed by atoms with Crippen LogP contribution in [0.25, 0.3) is 0 Å². The first kappa shape index (κ1) is 16.9. The molecule has 0 heterocycles. The van der Waals surface area contributed by atoms with Gasteiger partial charge in [0.2, 0.25) is 0 Å². The first-order chi connectivity index (χ1) is 9.11. The average Bonchev–Trinajstić information content (AvgIpc) is 2.28. The predicted octanol–water partition coefficient (Wildman–Crippen LogP) is 4.13. The summed E-state index contributed by atoms with van der Waals surface area (Å²) in [6, 6.07) is 4.01. The van der Waals surface area contributed by atoms with Gasteiger partial charge in [0.25, 0.3) is 5.69 Å². The number of nitro groups is 1. The van der Waals surface area contributed by atoms with Crippen molar-refractivity contribution in [3.8, 4) is 0 Å². The number of alkyl halides is 3. The van der Waals surface area contributed by atoms with Crippen molar-refractivity contribution in [1.29, 1.82) is 0 Å². The predicted molar refractivity (Wildman–Crippen MR) is 72.4 cm³/mol. The fourth-order valence-corrected chi connectivity index (χ4v) is 2.23. The van der Waals surface area contributed by atoms with E-state index in [9.17, 15) is 23.3 Å². The highest BCUT2D eigenvalue weighted by Gasteiger charge is 2.32. The normalized spacial score (nSPS) is 12.2. The maximum atomic E-state index is 12.5. The Hall–Kier alpha value is -1.15. The van der Waals surface area contributed by atoms with E-state index in [2.05, 4.69) is 15.9 Å². The zero-order chi connectivity index (χ0) is 15.5. The number of hydrogen-bond acceptors (Lipinski definition) is 3. The molecule has 0 bridgehead atoms. The molecule has 0 amide bonds. The van der Waals surface area contributed by atoms with Crippen molar-refractivity contribution in [2.24, 2.45) is 0 Å². The lowest BCUT2D eigenvalue weighted by Crippen LogP contribution is -2.38. The van der Waals surface area contributed by atoms with E-state index in [0.717, 1.165) is 0 Å². The van der Waals surface area contributed by atoms with E-state index in [-0.39, 0.29) is 22.7 Å². The van der Waals surface area contributed by atoms with Gasteiger partial charge in [-0.15, -0.1) is 0 Å². The maximum absolute atomic E-state index is 12.5. The quantitative estimate of drug-likeness (QED) is 0.589. The van der Waals surface area contributed by atoms with Gasteiger partial charge in [-0.05, 0) is 35.3 Å². The maximum Gasteiger partial charge on any atom is 0.401 e. The number of rotatable bonds is 5. The molecule has 0 aromatic heterocycles. The van der Waals surface area contributed by atoms with Crippen LogP contribution in [0.15, 0.2) is 22.7 Å². The Morgan fingerprint density at radius 3 is 2.45 bits per heavy atom. The summed E-state index contributed by atoms with van der Waals surface area (Å²) >= 11 is 3.09. The number of nitrogens with zero attached hydrogens (tertiary/aromatic N) is 2. The minimum absolute atomic E-state index is 0.0144. The van der Waals surface area contributed by atoms with Crippen LogP contribution in [0.2, 0.25) is 0 Å². The molecule has 0 saturated carbocycles. The van der Waals surface area contributed by atoms with Crippen LogP contribution in [0, 0.1) is 10.1 Å². The van der Waals surface area contributed by atoms with Crippen molar-refractivity contribution in [1.82, 2.24) is 4.90 Å². The molecule has 0 aliphatic carbocycles. The summed E-state index contributed by atoms with van der Waals surface area (Å²) < 4.78 is 37.8. The van der Waals surface area contributed by atoms with Gasteiger partial charge in [-0.2, -0.15) is 13.2 Å². The van der Waals surface area contributed by atoms with Crippen LogP contribution in [0.5, 0.6) is 0 Å². The first-order valence-corrected chi connectivity index (χ1v) is 6.63. The summed E-state index contributed by atoms with van der Waals surface area (Å²) in [7, 11) is 0. The summed E-state index contributed by atoms with van der Waals surface area (Å²) in [6.07, 6.45) is -4.31. The van der Waals surface area contributed by atoms with Gasteiger partial charge >= 0.3 is 6.18 Å². The Bertz CT molecular complexity index is 492. The Balaban J connectivity index is 3.00. The molecular formula is C12H14BrF3N2O2. The highest BCUT2D eigenvalue weighted by atomic mass is 79.9. The van der Waals surface area contributed by atoms with Crippen LogP contribution in [0.3, 0.4) is 0 Å². The second-order valence-corrected chi connectivity index (χ2v) is 5.41. The molecule has 0 aliphatic heterocycles. The molecule has 0 atom stereocenters. The Morgan fingerprint density at radius 2 is 2.00 bits per heavy atom. The molecule has 112 valence electrons. The van der Waals surface area contributed by atoms with Gasteiger partial charge in [0.05, 0.1) is 15.9 Å². The van der Waals surface area contributed by atoms with Gasteiger partial charge in [-0.1, -0.05) is 12.1 Å². The van der Waals surface area contributed by atoms with E-state index in [1.165, 1.54) is 17.0 Å². The second kappa shape index (κ2) is 6.53. The molecule has 0 N–H and O–H groups in total. The summed E-state index contributed by atoms with van der Waals surface area (Å²) in [5, 5.41) is 10.8. The van der Waals surface area contributed by atoms with Crippen LogP contribution in [0.4, 0.5) is 18.9 Å². The molecule has 0 aliphatic rings. The lowest BCUT2D eigenvalue weighted by Gasteiger charge is -2.27.